The van der Waals surface area contributed by atoms with Gasteiger partial charge in [0.25, 0.3) is 0 Å². The number of hydrogen-bond donors (Lipinski definition) is 1. The molecule has 0 bridgehead atoms. The molecule has 1 heterocycles. The van der Waals surface area contributed by atoms with Crippen molar-refractivity contribution in [3.8, 4) is 11.4 Å². The molecule has 0 radical (unpaired) electrons. The van der Waals surface area contributed by atoms with E-state index in [1.807, 2.05) is 0 Å². The van der Waals surface area contributed by atoms with Crippen molar-refractivity contribution in [3.63, 3.8) is 0 Å². The molecule has 0 aliphatic heterocycles. The van der Waals surface area contributed by atoms with Gasteiger partial charge in [-0.2, -0.15) is 13.2 Å². The van der Waals surface area contributed by atoms with Crippen LogP contribution in [0.15, 0.2) is 29.1 Å². The first-order chi connectivity index (χ1) is 10.2. The molecule has 1 N–H and O–H groups in total. The number of rotatable bonds is 4. The summed E-state index contributed by atoms with van der Waals surface area (Å²) >= 11 is 5.70. The van der Waals surface area contributed by atoms with Gasteiger partial charge in [-0.25, -0.2) is 9.48 Å². The van der Waals surface area contributed by atoms with E-state index in [-0.39, 0.29) is 11.4 Å². The van der Waals surface area contributed by atoms with Gasteiger partial charge in [-0.1, -0.05) is 11.6 Å². The lowest BCUT2D eigenvalue weighted by molar-refractivity contribution is -0.140. The molecule has 0 saturated heterocycles. The van der Waals surface area contributed by atoms with Gasteiger partial charge in [0.05, 0.1) is 0 Å². The average Bonchev–Trinajstić information content (AvgIpc) is 2.66. The van der Waals surface area contributed by atoms with Gasteiger partial charge >= 0.3 is 17.8 Å². The quantitative estimate of drug-likeness (QED) is 0.927. The molecule has 10 heteroatoms. The third-order valence-electron chi connectivity index (χ3n) is 2.65. The number of benzene rings is 1. The first kappa shape index (κ1) is 16.1. The maximum Gasteiger partial charge on any atom is 0.406 e. The van der Waals surface area contributed by atoms with Gasteiger partial charge in [-0.05, 0) is 24.3 Å². The molecule has 2 aromatic rings. The van der Waals surface area contributed by atoms with Gasteiger partial charge < -0.3 is 5.11 Å². The first-order valence-corrected chi connectivity index (χ1v) is 6.27. The summed E-state index contributed by atoms with van der Waals surface area (Å²) in [6.45, 7) is -2.40. The highest BCUT2D eigenvalue weighted by Gasteiger charge is 2.31. The number of aliphatic carboxylic acids is 1. The largest absolute Gasteiger partial charge is 0.480 e. The summed E-state index contributed by atoms with van der Waals surface area (Å²) in [5.41, 5.74) is -0.931. The van der Waals surface area contributed by atoms with Crippen LogP contribution in [0.25, 0.3) is 11.4 Å². The molecular weight excluding hydrogens is 327 g/mol. The summed E-state index contributed by atoms with van der Waals surface area (Å²) in [4.78, 5) is 22.6. The molecule has 1 aromatic carbocycles. The Kier molecular flexibility index (Phi) is 4.27. The minimum atomic E-state index is -4.65. The molecule has 22 heavy (non-hydrogen) atoms. The van der Waals surface area contributed by atoms with Crippen LogP contribution in [-0.2, 0) is 17.9 Å². The maximum absolute atomic E-state index is 12.6. The lowest BCUT2D eigenvalue weighted by Crippen LogP contribution is -2.31. The van der Waals surface area contributed by atoms with Crippen LogP contribution in [-0.4, -0.2) is 31.6 Å². The highest BCUT2D eigenvalue weighted by Crippen LogP contribution is 2.23. The number of carboxylic acid groups (broad SMARTS) is 1. The van der Waals surface area contributed by atoms with Crippen molar-refractivity contribution in [3.05, 3.63) is 39.8 Å². The number of carbonyl (C=O) groups is 1. The second-order valence-electron chi connectivity index (χ2n) is 4.37. The zero-order valence-electron chi connectivity index (χ0n) is 10.8. The van der Waals surface area contributed by atoms with Crippen LogP contribution in [0.4, 0.5) is 13.2 Å². The van der Waals surface area contributed by atoms with Gasteiger partial charge in [-0.3, -0.25) is 9.36 Å². The van der Waals surface area contributed by atoms with Crippen molar-refractivity contribution < 1.29 is 23.1 Å². The van der Waals surface area contributed by atoms with Crippen LogP contribution < -0.4 is 5.69 Å². The number of nitrogens with zero attached hydrogens (tertiary/aromatic N) is 3. The normalized spacial score (nSPS) is 11.6. The fourth-order valence-electron chi connectivity index (χ4n) is 1.81. The number of aromatic nitrogens is 3. The predicted octanol–water partition coefficient (Wildman–Crippen LogP) is 2.01. The van der Waals surface area contributed by atoms with Gasteiger partial charge in [0.1, 0.15) is 13.1 Å². The Balaban J connectivity index is 2.57. The summed E-state index contributed by atoms with van der Waals surface area (Å²) in [5, 5.41) is 12.7. The van der Waals surface area contributed by atoms with Crippen LogP contribution >= 0.6 is 11.6 Å². The Morgan fingerprint density at radius 2 is 1.86 bits per heavy atom. The topological polar surface area (TPSA) is 77.1 Å². The Morgan fingerprint density at radius 3 is 2.36 bits per heavy atom. The molecule has 0 unspecified atom stereocenters. The van der Waals surface area contributed by atoms with Crippen molar-refractivity contribution in [2.45, 2.75) is 19.3 Å². The standard InChI is InChI=1S/C12H9ClF3N3O3/c13-8-3-1-7(2-4-8)10-17-19(5-9(20)21)11(22)18(10)6-12(14,15)16/h1-4H,5-6H2,(H,20,21). The summed E-state index contributed by atoms with van der Waals surface area (Å²) in [5.74, 6) is -1.67. The highest BCUT2D eigenvalue weighted by molar-refractivity contribution is 6.30. The molecule has 0 aliphatic carbocycles. The molecule has 0 atom stereocenters. The van der Waals surface area contributed by atoms with Gasteiger partial charge in [0.15, 0.2) is 5.82 Å². The van der Waals surface area contributed by atoms with E-state index >= 15 is 0 Å². The molecule has 0 fully saturated rings. The summed E-state index contributed by atoms with van der Waals surface area (Å²) in [6.07, 6.45) is -4.65. The van der Waals surface area contributed by atoms with Crippen LogP contribution in [0.2, 0.25) is 5.02 Å². The molecule has 1 aromatic heterocycles. The van der Waals surface area contributed by atoms with Crippen molar-refractivity contribution in [1.82, 2.24) is 14.3 Å². The molecule has 0 amide bonds. The molecule has 2 rings (SSSR count). The predicted molar refractivity (Wildman–Crippen MR) is 70.6 cm³/mol. The van der Waals surface area contributed by atoms with E-state index in [1.165, 1.54) is 24.3 Å². The third kappa shape index (κ3) is 3.67. The maximum atomic E-state index is 12.6. The second-order valence-corrected chi connectivity index (χ2v) is 4.80. The van der Waals surface area contributed by atoms with Crippen molar-refractivity contribution in [1.29, 1.82) is 0 Å². The first-order valence-electron chi connectivity index (χ1n) is 5.89. The smallest absolute Gasteiger partial charge is 0.406 e. The molecule has 118 valence electrons. The SMILES string of the molecule is O=C(O)Cn1nc(-c2ccc(Cl)cc2)n(CC(F)(F)F)c1=O. The van der Waals surface area contributed by atoms with E-state index in [2.05, 4.69) is 5.10 Å². The van der Waals surface area contributed by atoms with Crippen molar-refractivity contribution in [2.24, 2.45) is 0 Å². The zero-order valence-corrected chi connectivity index (χ0v) is 11.6. The minimum absolute atomic E-state index is 0.217. The van der Waals surface area contributed by atoms with Crippen molar-refractivity contribution in [2.75, 3.05) is 0 Å². The summed E-state index contributed by atoms with van der Waals surface area (Å²) in [6, 6.07) is 5.63. The molecule has 0 spiro atoms. The van der Waals surface area contributed by atoms with Crippen LogP contribution in [0.1, 0.15) is 0 Å². The third-order valence-corrected chi connectivity index (χ3v) is 2.90. The van der Waals surface area contributed by atoms with Crippen LogP contribution in [0, 0.1) is 0 Å². The van der Waals surface area contributed by atoms with Gasteiger partial charge in [0, 0.05) is 10.6 Å². The van der Waals surface area contributed by atoms with Gasteiger partial charge in [0.2, 0.25) is 0 Å². The van der Waals surface area contributed by atoms with Crippen LogP contribution in [0.3, 0.4) is 0 Å². The Labute approximate surface area is 126 Å². The monoisotopic (exact) mass is 335 g/mol. The Hall–Kier alpha value is -2.29. The van der Waals surface area contributed by atoms with Crippen LogP contribution in [0.5, 0.6) is 0 Å². The van der Waals surface area contributed by atoms with E-state index in [4.69, 9.17) is 16.7 Å². The van der Waals surface area contributed by atoms with Crippen molar-refractivity contribution >= 4 is 17.6 Å². The van der Waals surface area contributed by atoms with E-state index in [0.29, 0.717) is 14.3 Å². The van der Waals surface area contributed by atoms with E-state index in [9.17, 15) is 22.8 Å². The van der Waals surface area contributed by atoms with E-state index < -0.39 is 30.9 Å². The fraction of sp³-hybridized carbons (Fsp3) is 0.250. The average molecular weight is 336 g/mol. The molecular formula is C12H9ClF3N3O3. The fourth-order valence-corrected chi connectivity index (χ4v) is 1.93. The Bertz CT molecular complexity index is 750. The highest BCUT2D eigenvalue weighted by atomic mass is 35.5. The molecule has 0 aliphatic rings. The number of hydrogen-bond acceptors (Lipinski definition) is 3. The summed E-state index contributed by atoms with van der Waals surface area (Å²) < 4.78 is 38.7. The second kappa shape index (κ2) is 5.84. The summed E-state index contributed by atoms with van der Waals surface area (Å²) in [7, 11) is 0. The molecule has 0 saturated carbocycles. The van der Waals surface area contributed by atoms with Gasteiger partial charge in [-0.15, -0.1) is 5.10 Å². The lowest BCUT2D eigenvalue weighted by atomic mass is 10.2. The number of alkyl halides is 3. The zero-order chi connectivity index (χ0) is 16.5. The Morgan fingerprint density at radius 1 is 1.27 bits per heavy atom. The minimum Gasteiger partial charge on any atom is -0.480 e. The lowest BCUT2D eigenvalue weighted by Gasteiger charge is -2.08. The molecule has 6 nitrogen and oxygen atoms in total. The van der Waals surface area contributed by atoms with E-state index in [0.717, 1.165) is 0 Å². The number of halogens is 4. The number of carboxylic acids is 1. The van der Waals surface area contributed by atoms with E-state index in [1.54, 1.807) is 0 Å².